The van der Waals surface area contributed by atoms with Crippen molar-refractivity contribution in [3.63, 3.8) is 0 Å². The lowest BCUT2D eigenvalue weighted by atomic mass is 10.1. The van der Waals surface area contributed by atoms with E-state index in [1.165, 1.54) is 0 Å². The SMILES string of the molecule is O=C(O)C(NCc1cccs1)c1ccc(Cl)cc1. The normalized spacial score (nSPS) is 12.3. The van der Waals surface area contributed by atoms with E-state index in [0.717, 1.165) is 4.88 Å². The Balaban J connectivity index is 2.08. The van der Waals surface area contributed by atoms with Crippen LogP contribution in [0, 0.1) is 0 Å². The smallest absolute Gasteiger partial charge is 0.325 e. The molecule has 0 saturated carbocycles. The Kier molecular flexibility index (Phi) is 4.36. The van der Waals surface area contributed by atoms with Gasteiger partial charge in [-0.25, -0.2) is 0 Å². The molecule has 0 fully saturated rings. The third-order valence-corrected chi connectivity index (χ3v) is 3.64. The maximum absolute atomic E-state index is 11.3. The average molecular weight is 282 g/mol. The highest BCUT2D eigenvalue weighted by Gasteiger charge is 2.18. The van der Waals surface area contributed by atoms with Crippen molar-refractivity contribution in [1.82, 2.24) is 5.32 Å². The highest BCUT2D eigenvalue weighted by atomic mass is 35.5. The first-order valence-electron chi connectivity index (χ1n) is 5.41. The van der Waals surface area contributed by atoms with Gasteiger partial charge < -0.3 is 5.11 Å². The largest absolute Gasteiger partial charge is 0.480 e. The second-order valence-corrected chi connectivity index (χ2v) is 5.25. The van der Waals surface area contributed by atoms with Gasteiger partial charge in [-0.3, -0.25) is 10.1 Å². The van der Waals surface area contributed by atoms with Crippen molar-refractivity contribution in [2.75, 3.05) is 0 Å². The summed E-state index contributed by atoms with van der Waals surface area (Å²) in [5.74, 6) is -0.895. The highest BCUT2D eigenvalue weighted by molar-refractivity contribution is 7.09. The van der Waals surface area contributed by atoms with E-state index in [2.05, 4.69) is 5.32 Å². The van der Waals surface area contributed by atoms with Crippen LogP contribution in [0.15, 0.2) is 41.8 Å². The summed E-state index contributed by atoms with van der Waals surface area (Å²) in [7, 11) is 0. The third-order valence-electron chi connectivity index (χ3n) is 2.51. The van der Waals surface area contributed by atoms with E-state index in [-0.39, 0.29) is 0 Å². The van der Waals surface area contributed by atoms with Gasteiger partial charge >= 0.3 is 5.97 Å². The number of halogens is 1. The van der Waals surface area contributed by atoms with Crippen LogP contribution in [0.25, 0.3) is 0 Å². The number of benzene rings is 1. The van der Waals surface area contributed by atoms with Gasteiger partial charge in [0, 0.05) is 16.4 Å². The van der Waals surface area contributed by atoms with Gasteiger partial charge in [0.15, 0.2) is 0 Å². The van der Waals surface area contributed by atoms with E-state index in [1.807, 2.05) is 17.5 Å². The molecule has 0 radical (unpaired) electrons. The molecule has 3 nitrogen and oxygen atoms in total. The molecule has 0 bridgehead atoms. The van der Waals surface area contributed by atoms with Crippen molar-refractivity contribution in [2.24, 2.45) is 0 Å². The number of rotatable bonds is 5. The van der Waals surface area contributed by atoms with Crippen molar-refractivity contribution >= 4 is 28.9 Å². The summed E-state index contributed by atoms with van der Waals surface area (Å²) in [6, 6.07) is 10.0. The van der Waals surface area contributed by atoms with Gasteiger partial charge in [-0.2, -0.15) is 0 Å². The topological polar surface area (TPSA) is 49.3 Å². The molecule has 1 atom stereocenters. The van der Waals surface area contributed by atoms with Crippen LogP contribution in [-0.2, 0) is 11.3 Å². The second kappa shape index (κ2) is 6.00. The number of aliphatic carboxylic acids is 1. The first kappa shape index (κ1) is 13.1. The fourth-order valence-electron chi connectivity index (χ4n) is 1.62. The zero-order valence-corrected chi connectivity index (χ0v) is 11.0. The van der Waals surface area contributed by atoms with Crippen molar-refractivity contribution < 1.29 is 9.90 Å². The van der Waals surface area contributed by atoms with Gasteiger partial charge in [0.25, 0.3) is 0 Å². The van der Waals surface area contributed by atoms with Crippen LogP contribution in [0.5, 0.6) is 0 Å². The van der Waals surface area contributed by atoms with Crippen LogP contribution in [0.4, 0.5) is 0 Å². The Labute approximate surface area is 114 Å². The van der Waals surface area contributed by atoms with Crippen LogP contribution >= 0.6 is 22.9 Å². The molecule has 1 aromatic carbocycles. The molecule has 0 aliphatic carbocycles. The summed E-state index contributed by atoms with van der Waals surface area (Å²) in [5, 5.41) is 14.8. The quantitative estimate of drug-likeness (QED) is 0.884. The third kappa shape index (κ3) is 3.32. The predicted octanol–water partition coefficient (Wildman–Crippen LogP) is 3.32. The van der Waals surface area contributed by atoms with Gasteiger partial charge in [-0.1, -0.05) is 29.8 Å². The van der Waals surface area contributed by atoms with Gasteiger partial charge in [0.05, 0.1) is 0 Å². The molecule has 0 saturated heterocycles. The predicted molar refractivity (Wildman–Crippen MR) is 73.0 cm³/mol. The molecule has 2 rings (SSSR count). The second-order valence-electron chi connectivity index (χ2n) is 3.78. The van der Waals surface area contributed by atoms with E-state index in [9.17, 15) is 9.90 Å². The Morgan fingerprint density at radius 2 is 2.06 bits per heavy atom. The molecule has 0 amide bonds. The van der Waals surface area contributed by atoms with E-state index < -0.39 is 12.0 Å². The molecule has 1 heterocycles. The number of carboxylic acid groups (broad SMARTS) is 1. The van der Waals surface area contributed by atoms with E-state index in [4.69, 9.17) is 11.6 Å². The molecule has 18 heavy (non-hydrogen) atoms. The van der Waals surface area contributed by atoms with Crippen molar-refractivity contribution in [2.45, 2.75) is 12.6 Å². The molecule has 1 unspecified atom stereocenters. The molecule has 0 spiro atoms. The Morgan fingerprint density at radius 3 is 2.61 bits per heavy atom. The Bertz CT molecular complexity index is 510. The van der Waals surface area contributed by atoms with Gasteiger partial charge in [-0.05, 0) is 29.1 Å². The highest BCUT2D eigenvalue weighted by Crippen LogP contribution is 2.18. The summed E-state index contributed by atoms with van der Waals surface area (Å²) in [4.78, 5) is 12.4. The Morgan fingerprint density at radius 1 is 1.33 bits per heavy atom. The zero-order chi connectivity index (χ0) is 13.0. The standard InChI is InChI=1S/C13H12ClNO2S/c14-10-5-3-9(4-6-10)12(13(16)17)15-8-11-2-1-7-18-11/h1-7,12,15H,8H2,(H,16,17). The van der Waals surface area contributed by atoms with Gasteiger partial charge in [-0.15, -0.1) is 11.3 Å². The van der Waals surface area contributed by atoms with Crippen LogP contribution in [0.2, 0.25) is 5.02 Å². The van der Waals surface area contributed by atoms with Crippen LogP contribution in [0.3, 0.4) is 0 Å². The van der Waals surface area contributed by atoms with E-state index >= 15 is 0 Å². The molecule has 0 aliphatic heterocycles. The summed E-state index contributed by atoms with van der Waals surface area (Å²) in [5.41, 5.74) is 0.698. The monoisotopic (exact) mass is 281 g/mol. The maximum Gasteiger partial charge on any atom is 0.325 e. The number of hydrogen-bond donors (Lipinski definition) is 2. The fourth-order valence-corrected chi connectivity index (χ4v) is 2.40. The number of carbonyl (C=O) groups is 1. The molecule has 5 heteroatoms. The first-order chi connectivity index (χ1) is 8.66. The molecular weight excluding hydrogens is 270 g/mol. The van der Waals surface area contributed by atoms with E-state index in [1.54, 1.807) is 35.6 Å². The molecule has 94 valence electrons. The van der Waals surface area contributed by atoms with Crippen LogP contribution < -0.4 is 5.32 Å². The molecule has 0 aliphatic rings. The lowest BCUT2D eigenvalue weighted by Crippen LogP contribution is -2.27. The van der Waals surface area contributed by atoms with E-state index in [0.29, 0.717) is 17.1 Å². The van der Waals surface area contributed by atoms with Crippen molar-refractivity contribution in [1.29, 1.82) is 0 Å². The lowest BCUT2D eigenvalue weighted by Gasteiger charge is -2.14. The molecule has 2 N–H and O–H groups in total. The Hall–Kier alpha value is -1.36. The zero-order valence-electron chi connectivity index (χ0n) is 9.47. The number of nitrogens with one attached hydrogen (secondary N) is 1. The summed E-state index contributed by atoms with van der Waals surface area (Å²) >= 11 is 7.39. The van der Waals surface area contributed by atoms with Crippen LogP contribution in [-0.4, -0.2) is 11.1 Å². The lowest BCUT2D eigenvalue weighted by molar-refractivity contribution is -0.139. The van der Waals surface area contributed by atoms with Crippen LogP contribution in [0.1, 0.15) is 16.5 Å². The fraction of sp³-hybridized carbons (Fsp3) is 0.154. The number of hydrogen-bond acceptors (Lipinski definition) is 3. The van der Waals surface area contributed by atoms with Gasteiger partial charge in [0.2, 0.25) is 0 Å². The molecule has 2 aromatic rings. The maximum atomic E-state index is 11.3. The van der Waals surface area contributed by atoms with Crippen molar-refractivity contribution in [3.8, 4) is 0 Å². The minimum Gasteiger partial charge on any atom is -0.480 e. The summed E-state index contributed by atoms with van der Waals surface area (Å²) in [6.07, 6.45) is 0. The minimum absolute atomic E-state index is 0.539. The van der Waals surface area contributed by atoms with Gasteiger partial charge in [0.1, 0.15) is 6.04 Å². The minimum atomic E-state index is -0.895. The first-order valence-corrected chi connectivity index (χ1v) is 6.66. The molecule has 1 aromatic heterocycles. The molecular formula is C13H12ClNO2S. The summed E-state index contributed by atoms with van der Waals surface area (Å²) < 4.78 is 0. The van der Waals surface area contributed by atoms with Crippen molar-refractivity contribution in [3.05, 3.63) is 57.2 Å². The number of carboxylic acids is 1. The average Bonchev–Trinajstić information content (AvgIpc) is 2.84. The summed E-state index contributed by atoms with van der Waals surface area (Å²) in [6.45, 7) is 0.539. The number of thiophene rings is 1.